The van der Waals surface area contributed by atoms with Gasteiger partial charge in [0, 0.05) is 23.2 Å². The van der Waals surface area contributed by atoms with E-state index in [0.717, 1.165) is 11.1 Å². The van der Waals surface area contributed by atoms with Crippen LogP contribution >= 0.6 is 0 Å². The minimum Gasteiger partial charge on any atom is -0.347 e. The van der Waals surface area contributed by atoms with Gasteiger partial charge >= 0.3 is 0 Å². The minimum atomic E-state index is -0.179. The van der Waals surface area contributed by atoms with Crippen LogP contribution in [0.4, 0.5) is 0 Å². The van der Waals surface area contributed by atoms with Crippen LogP contribution in [0.15, 0.2) is 71.7 Å². The molecule has 1 amide bonds. The number of H-pyrrole nitrogens is 1. The van der Waals surface area contributed by atoms with Crippen molar-refractivity contribution in [2.75, 3.05) is 0 Å². The van der Waals surface area contributed by atoms with Crippen molar-refractivity contribution in [2.45, 2.75) is 13.1 Å². The zero-order valence-electron chi connectivity index (χ0n) is 14.4. The van der Waals surface area contributed by atoms with Gasteiger partial charge in [0.05, 0.1) is 12.1 Å². The number of pyridine rings is 1. The molecule has 0 bridgehead atoms. The molecule has 27 heavy (non-hydrogen) atoms. The normalized spacial score (nSPS) is 10.8. The van der Waals surface area contributed by atoms with Crippen molar-refractivity contribution in [3.63, 3.8) is 0 Å². The molecule has 0 radical (unpaired) electrons. The van der Waals surface area contributed by atoms with Crippen molar-refractivity contribution in [3.05, 3.63) is 82.9 Å². The van der Waals surface area contributed by atoms with Crippen LogP contribution in [0.25, 0.3) is 22.3 Å². The molecule has 2 aromatic heterocycles. The third-order valence-electron chi connectivity index (χ3n) is 4.22. The summed E-state index contributed by atoms with van der Waals surface area (Å²) in [6.07, 6.45) is 1.63. The highest BCUT2D eigenvalue weighted by Gasteiger charge is 2.09. The molecule has 7 nitrogen and oxygen atoms in total. The topological polar surface area (TPSA) is 92.7 Å². The van der Waals surface area contributed by atoms with Crippen LogP contribution < -0.4 is 10.7 Å². The second-order valence-corrected chi connectivity index (χ2v) is 6.07. The molecule has 0 fully saturated rings. The fourth-order valence-electron chi connectivity index (χ4n) is 2.88. The van der Waals surface area contributed by atoms with Crippen molar-refractivity contribution >= 4 is 16.8 Å². The first kappa shape index (κ1) is 16.7. The summed E-state index contributed by atoms with van der Waals surface area (Å²) in [5, 5.41) is 10.4. The smallest absolute Gasteiger partial charge is 0.240 e. The van der Waals surface area contributed by atoms with Crippen molar-refractivity contribution in [1.82, 2.24) is 25.1 Å². The molecule has 0 aliphatic heterocycles. The molecule has 0 aliphatic rings. The maximum atomic E-state index is 12.3. The third-order valence-corrected chi connectivity index (χ3v) is 4.22. The fraction of sp³-hybridized carbons (Fsp3) is 0.100. The van der Waals surface area contributed by atoms with E-state index in [1.54, 1.807) is 16.8 Å². The average Bonchev–Trinajstić information content (AvgIpc) is 3.19. The Kier molecular flexibility index (Phi) is 4.49. The molecule has 0 saturated carbocycles. The van der Waals surface area contributed by atoms with E-state index >= 15 is 0 Å². The van der Waals surface area contributed by atoms with E-state index in [1.165, 1.54) is 6.07 Å². The Morgan fingerprint density at radius 1 is 1.04 bits per heavy atom. The molecule has 2 N–H and O–H groups in total. The number of amides is 1. The fourth-order valence-corrected chi connectivity index (χ4v) is 2.88. The third kappa shape index (κ3) is 3.62. The van der Waals surface area contributed by atoms with Crippen molar-refractivity contribution in [2.24, 2.45) is 0 Å². The Morgan fingerprint density at radius 3 is 2.67 bits per heavy atom. The van der Waals surface area contributed by atoms with E-state index < -0.39 is 0 Å². The number of fused-ring (bicyclic) bond motifs is 1. The maximum absolute atomic E-state index is 12.3. The van der Waals surface area contributed by atoms with Crippen LogP contribution in [0.3, 0.4) is 0 Å². The Morgan fingerprint density at radius 2 is 1.81 bits per heavy atom. The number of carbonyl (C=O) groups excluding carboxylic acids is 1. The highest BCUT2D eigenvalue weighted by molar-refractivity contribution is 5.82. The molecule has 0 spiro atoms. The molecule has 0 unspecified atom stereocenters. The molecule has 0 atom stereocenters. The molecule has 2 heterocycles. The number of carbonyl (C=O) groups is 1. The largest absolute Gasteiger partial charge is 0.347 e. The highest BCUT2D eigenvalue weighted by atomic mass is 16.2. The Bertz CT molecular complexity index is 1150. The van der Waals surface area contributed by atoms with Gasteiger partial charge < -0.3 is 9.88 Å². The monoisotopic (exact) mass is 359 g/mol. The van der Waals surface area contributed by atoms with Gasteiger partial charge in [-0.3, -0.25) is 14.7 Å². The molecular weight excluding hydrogens is 342 g/mol. The molecule has 0 saturated heterocycles. The van der Waals surface area contributed by atoms with E-state index in [0.29, 0.717) is 17.0 Å². The molecule has 0 aliphatic carbocycles. The lowest BCUT2D eigenvalue weighted by atomic mass is 10.2. The Hall–Kier alpha value is -3.74. The summed E-state index contributed by atoms with van der Waals surface area (Å²) in [6, 6.07) is 18.3. The lowest BCUT2D eigenvalue weighted by molar-refractivity contribution is -0.121. The summed E-state index contributed by atoms with van der Waals surface area (Å²) in [6.45, 7) is 0.358. The van der Waals surface area contributed by atoms with Gasteiger partial charge in [-0.25, -0.2) is 4.98 Å². The number of aromatic nitrogens is 4. The number of para-hydroxylation sites is 1. The van der Waals surface area contributed by atoms with Crippen LogP contribution in [0.1, 0.15) is 5.82 Å². The summed E-state index contributed by atoms with van der Waals surface area (Å²) in [5.74, 6) is 0.986. The van der Waals surface area contributed by atoms with Crippen LogP contribution in [0.2, 0.25) is 0 Å². The average molecular weight is 359 g/mol. The number of nitrogens with one attached hydrogen (secondary N) is 2. The number of nitrogens with zero attached hydrogens (tertiary/aromatic N) is 3. The van der Waals surface area contributed by atoms with Gasteiger partial charge in [-0.15, -0.1) is 0 Å². The number of hydrogen-bond acceptors (Lipinski definition) is 4. The van der Waals surface area contributed by atoms with Crippen LogP contribution in [-0.2, 0) is 17.9 Å². The zero-order valence-corrected chi connectivity index (χ0v) is 14.4. The highest BCUT2D eigenvalue weighted by Crippen LogP contribution is 2.13. The van der Waals surface area contributed by atoms with Gasteiger partial charge in [0.15, 0.2) is 11.3 Å². The predicted molar refractivity (Wildman–Crippen MR) is 102 cm³/mol. The lowest BCUT2D eigenvalue weighted by Gasteiger charge is -2.10. The molecule has 134 valence electrons. The molecule has 4 rings (SSSR count). The SMILES string of the molecule is O=C(Cn1ccc(=O)c2ccccc21)NCc1nc(-c2ccccc2)n[nH]1. The Labute approximate surface area is 154 Å². The number of aromatic amines is 1. The van der Waals surface area contributed by atoms with E-state index in [-0.39, 0.29) is 24.4 Å². The van der Waals surface area contributed by atoms with E-state index in [4.69, 9.17) is 0 Å². The second kappa shape index (κ2) is 7.25. The first-order valence-corrected chi connectivity index (χ1v) is 8.52. The Balaban J connectivity index is 1.43. The number of benzene rings is 2. The zero-order chi connectivity index (χ0) is 18.6. The quantitative estimate of drug-likeness (QED) is 0.571. The van der Waals surface area contributed by atoms with E-state index in [1.807, 2.05) is 48.5 Å². The van der Waals surface area contributed by atoms with E-state index in [2.05, 4.69) is 20.5 Å². The first-order valence-electron chi connectivity index (χ1n) is 8.52. The summed E-state index contributed by atoms with van der Waals surface area (Å²) in [5.41, 5.74) is 1.58. The standard InChI is InChI=1S/C20H17N5O2/c26-17-10-11-25(16-9-5-4-8-15(16)17)13-19(27)21-12-18-22-20(24-23-18)14-6-2-1-3-7-14/h1-11H,12-13H2,(H,21,27)(H,22,23,24). The summed E-state index contributed by atoms with van der Waals surface area (Å²) >= 11 is 0. The maximum Gasteiger partial charge on any atom is 0.240 e. The lowest BCUT2D eigenvalue weighted by Crippen LogP contribution is -2.28. The van der Waals surface area contributed by atoms with Crippen LogP contribution in [-0.4, -0.2) is 25.7 Å². The number of rotatable bonds is 5. The van der Waals surface area contributed by atoms with Gasteiger partial charge in [0.2, 0.25) is 5.91 Å². The molecular formula is C20H17N5O2. The summed E-state index contributed by atoms with van der Waals surface area (Å²) < 4.78 is 1.75. The summed E-state index contributed by atoms with van der Waals surface area (Å²) in [7, 11) is 0. The van der Waals surface area contributed by atoms with E-state index in [9.17, 15) is 9.59 Å². The van der Waals surface area contributed by atoms with Crippen LogP contribution in [0.5, 0.6) is 0 Å². The van der Waals surface area contributed by atoms with Gasteiger partial charge in [-0.2, -0.15) is 5.10 Å². The molecule has 7 heteroatoms. The first-order chi connectivity index (χ1) is 13.2. The van der Waals surface area contributed by atoms with Gasteiger partial charge in [0.25, 0.3) is 0 Å². The number of hydrogen-bond donors (Lipinski definition) is 2. The van der Waals surface area contributed by atoms with Crippen molar-refractivity contribution < 1.29 is 4.79 Å². The van der Waals surface area contributed by atoms with Crippen molar-refractivity contribution in [3.8, 4) is 11.4 Å². The van der Waals surface area contributed by atoms with Gasteiger partial charge in [0.1, 0.15) is 12.4 Å². The summed E-state index contributed by atoms with van der Waals surface area (Å²) in [4.78, 5) is 28.6. The minimum absolute atomic E-state index is 0.0580. The molecule has 2 aromatic carbocycles. The second-order valence-electron chi connectivity index (χ2n) is 6.07. The van der Waals surface area contributed by atoms with Crippen molar-refractivity contribution in [1.29, 1.82) is 0 Å². The van der Waals surface area contributed by atoms with Gasteiger partial charge in [-0.1, -0.05) is 42.5 Å². The molecule has 4 aromatic rings. The van der Waals surface area contributed by atoms with Gasteiger partial charge in [-0.05, 0) is 12.1 Å². The van der Waals surface area contributed by atoms with Crippen LogP contribution in [0, 0.1) is 0 Å². The predicted octanol–water partition coefficient (Wildman–Crippen LogP) is 2.10.